The van der Waals surface area contributed by atoms with E-state index in [0.29, 0.717) is 6.04 Å². The maximum absolute atomic E-state index is 3.93. The monoisotopic (exact) mass is 275 g/mol. The highest BCUT2D eigenvalue weighted by Gasteiger charge is 2.14. The van der Waals surface area contributed by atoms with Crippen molar-refractivity contribution in [2.75, 3.05) is 16.8 Å². The molecule has 0 spiro atoms. The molecule has 100 valence electrons. The van der Waals surface area contributed by atoms with Gasteiger partial charge in [0.2, 0.25) is 0 Å². The van der Waals surface area contributed by atoms with Crippen LogP contribution in [-0.4, -0.2) is 37.8 Å². The molecule has 19 heavy (non-hydrogen) atoms. The molecule has 3 rings (SSSR count). The van der Waals surface area contributed by atoms with Crippen LogP contribution in [0.15, 0.2) is 24.5 Å². The fraction of sp³-hybridized carbons (Fsp3) is 0.462. The molecule has 1 fully saturated rings. The highest BCUT2D eigenvalue weighted by Crippen LogP contribution is 2.24. The number of nitrogens with zero attached hydrogens (tertiary/aromatic N) is 4. The molecule has 0 radical (unpaired) electrons. The first kappa shape index (κ1) is 12.5. The van der Waals surface area contributed by atoms with E-state index in [1.807, 2.05) is 17.8 Å². The molecule has 1 aromatic carbocycles. The molecule has 0 atom stereocenters. The molecular formula is C13H17N5S. The van der Waals surface area contributed by atoms with Gasteiger partial charge in [-0.25, -0.2) is 4.68 Å². The van der Waals surface area contributed by atoms with Gasteiger partial charge in [-0.05, 0) is 59.4 Å². The minimum Gasteiger partial charge on any atom is -0.382 e. The van der Waals surface area contributed by atoms with Crippen molar-refractivity contribution < 1.29 is 0 Å². The lowest BCUT2D eigenvalue weighted by molar-refractivity contribution is 0.666. The largest absolute Gasteiger partial charge is 0.382 e. The Morgan fingerprint density at radius 3 is 2.89 bits per heavy atom. The van der Waals surface area contributed by atoms with Gasteiger partial charge in [-0.15, -0.1) is 5.10 Å². The topological polar surface area (TPSA) is 55.6 Å². The highest BCUT2D eigenvalue weighted by molar-refractivity contribution is 7.99. The SMILES string of the molecule is Cc1ccc(-n2cnnn2)cc1NC1CCSCC1. The van der Waals surface area contributed by atoms with Gasteiger partial charge in [-0.2, -0.15) is 11.8 Å². The highest BCUT2D eigenvalue weighted by atomic mass is 32.2. The Morgan fingerprint density at radius 2 is 2.16 bits per heavy atom. The maximum atomic E-state index is 3.93. The van der Waals surface area contributed by atoms with Crippen LogP contribution in [0.25, 0.3) is 5.69 Å². The number of hydrogen-bond donors (Lipinski definition) is 1. The zero-order valence-corrected chi connectivity index (χ0v) is 11.7. The first-order chi connectivity index (χ1) is 9.33. The number of thioether (sulfide) groups is 1. The van der Waals surface area contributed by atoms with Gasteiger partial charge in [-0.1, -0.05) is 6.07 Å². The van der Waals surface area contributed by atoms with Crippen molar-refractivity contribution in [2.45, 2.75) is 25.8 Å². The van der Waals surface area contributed by atoms with Crippen molar-refractivity contribution in [3.8, 4) is 5.69 Å². The third-order valence-corrected chi connectivity index (χ3v) is 4.46. The number of nitrogens with one attached hydrogen (secondary N) is 1. The summed E-state index contributed by atoms with van der Waals surface area (Å²) in [5.41, 5.74) is 3.43. The summed E-state index contributed by atoms with van der Waals surface area (Å²) in [5.74, 6) is 2.51. The van der Waals surface area contributed by atoms with Gasteiger partial charge in [0, 0.05) is 11.7 Å². The normalized spacial score (nSPS) is 16.5. The maximum Gasteiger partial charge on any atom is 0.143 e. The number of anilines is 1. The molecular weight excluding hydrogens is 258 g/mol. The van der Waals surface area contributed by atoms with Crippen molar-refractivity contribution in [3.05, 3.63) is 30.1 Å². The van der Waals surface area contributed by atoms with E-state index < -0.39 is 0 Å². The summed E-state index contributed by atoms with van der Waals surface area (Å²) in [4.78, 5) is 0. The Bertz CT molecular complexity index is 534. The van der Waals surface area contributed by atoms with Gasteiger partial charge in [0.25, 0.3) is 0 Å². The summed E-state index contributed by atoms with van der Waals surface area (Å²) < 4.78 is 1.68. The molecule has 0 saturated carbocycles. The minimum absolute atomic E-state index is 0.587. The van der Waals surface area contributed by atoms with Gasteiger partial charge in [-0.3, -0.25) is 0 Å². The van der Waals surface area contributed by atoms with Crippen molar-refractivity contribution >= 4 is 17.4 Å². The number of aryl methyl sites for hydroxylation is 1. The molecule has 1 saturated heterocycles. The van der Waals surface area contributed by atoms with E-state index in [9.17, 15) is 0 Å². The summed E-state index contributed by atoms with van der Waals surface area (Å²) in [6, 6.07) is 6.85. The Balaban J connectivity index is 1.81. The van der Waals surface area contributed by atoms with Crippen LogP contribution in [0, 0.1) is 6.92 Å². The summed E-state index contributed by atoms with van der Waals surface area (Å²) in [5, 5.41) is 14.9. The predicted molar refractivity (Wildman–Crippen MR) is 77.9 cm³/mol. The zero-order valence-electron chi connectivity index (χ0n) is 10.9. The molecule has 2 aromatic rings. The van der Waals surface area contributed by atoms with Gasteiger partial charge < -0.3 is 5.32 Å². The average molecular weight is 275 g/mol. The third-order valence-electron chi connectivity index (χ3n) is 3.42. The van der Waals surface area contributed by atoms with Crippen molar-refractivity contribution in [2.24, 2.45) is 0 Å². The fourth-order valence-electron chi connectivity index (χ4n) is 2.25. The fourth-order valence-corrected chi connectivity index (χ4v) is 3.36. The number of benzene rings is 1. The molecule has 6 heteroatoms. The summed E-state index contributed by atoms with van der Waals surface area (Å²) in [6.07, 6.45) is 4.09. The van der Waals surface area contributed by atoms with E-state index in [0.717, 1.165) is 5.69 Å². The van der Waals surface area contributed by atoms with Crippen LogP contribution in [-0.2, 0) is 0 Å². The molecule has 2 heterocycles. The van der Waals surface area contributed by atoms with Crippen LogP contribution in [0.1, 0.15) is 18.4 Å². The second-order valence-electron chi connectivity index (χ2n) is 4.78. The minimum atomic E-state index is 0.587. The van der Waals surface area contributed by atoms with E-state index in [1.54, 1.807) is 11.0 Å². The first-order valence-corrected chi connectivity index (χ1v) is 7.67. The van der Waals surface area contributed by atoms with Crippen LogP contribution >= 0.6 is 11.8 Å². The number of rotatable bonds is 3. The number of hydrogen-bond acceptors (Lipinski definition) is 5. The number of aromatic nitrogens is 4. The van der Waals surface area contributed by atoms with Crippen LogP contribution < -0.4 is 5.32 Å². The third kappa shape index (κ3) is 2.89. The van der Waals surface area contributed by atoms with E-state index in [2.05, 4.69) is 39.9 Å². The summed E-state index contributed by atoms with van der Waals surface area (Å²) >= 11 is 2.04. The van der Waals surface area contributed by atoms with Gasteiger partial charge in [0.15, 0.2) is 0 Å². The van der Waals surface area contributed by atoms with Crippen molar-refractivity contribution in [3.63, 3.8) is 0 Å². The summed E-state index contributed by atoms with van der Waals surface area (Å²) in [6.45, 7) is 2.13. The average Bonchev–Trinajstić information content (AvgIpc) is 2.96. The molecule has 1 aliphatic rings. The lowest BCUT2D eigenvalue weighted by atomic mass is 10.1. The number of tetrazole rings is 1. The van der Waals surface area contributed by atoms with E-state index >= 15 is 0 Å². The molecule has 0 bridgehead atoms. The zero-order chi connectivity index (χ0) is 13.1. The Hall–Kier alpha value is -1.56. The Kier molecular flexibility index (Phi) is 3.68. The summed E-state index contributed by atoms with van der Waals surface area (Å²) in [7, 11) is 0. The van der Waals surface area contributed by atoms with Crippen LogP contribution in [0.4, 0.5) is 5.69 Å². The van der Waals surface area contributed by atoms with Crippen molar-refractivity contribution in [1.82, 2.24) is 20.2 Å². The molecule has 1 N–H and O–H groups in total. The van der Waals surface area contributed by atoms with Gasteiger partial charge >= 0.3 is 0 Å². The lowest BCUT2D eigenvalue weighted by Crippen LogP contribution is -2.24. The van der Waals surface area contributed by atoms with Crippen LogP contribution in [0.3, 0.4) is 0 Å². The van der Waals surface area contributed by atoms with Crippen LogP contribution in [0.5, 0.6) is 0 Å². The molecule has 0 unspecified atom stereocenters. The molecule has 5 nitrogen and oxygen atoms in total. The van der Waals surface area contributed by atoms with Gasteiger partial charge in [0.05, 0.1) is 5.69 Å². The second kappa shape index (κ2) is 5.61. The second-order valence-corrected chi connectivity index (χ2v) is 6.01. The van der Waals surface area contributed by atoms with E-state index in [1.165, 1.54) is 35.6 Å². The van der Waals surface area contributed by atoms with E-state index in [4.69, 9.17) is 0 Å². The predicted octanol–water partition coefficient (Wildman–Crippen LogP) is 2.28. The Morgan fingerprint density at radius 1 is 1.32 bits per heavy atom. The Labute approximate surface area is 116 Å². The molecule has 0 aliphatic carbocycles. The quantitative estimate of drug-likeness (QED) is 0.931. The van der Waals surface area contributed by atoms with Gasteiger partial charge in [0.1, 0.15) is 6.33 Å². The standard InChI is InChI=1S/C13H17N5S/c1-10-2-3-12(18-9-14-16-17-18)8-13(10)15-11-4-6-19-7-5-11/h2-3,8-9,11,15H,4-7H2,1H3. The molecule has 1 aromatic heterocycles. The lowest BCUT2D eigenvalue weighted by Gasteiger charge is -2.24. The smallest absolute Gasteiger partial charge is 0.143 e. The van der Waals surface area contributed by atoms with Crippen molar-refractivity contribution in [1.29, 1.82) is 0 Å². The van der Waals surface area contributed by atoms with E-state index in [-0.39, 0.29) is 0 Å². The molecule has 0 amide bonds. The van der Waals surface area contributed by atoms with Crippen LogP contribution in [0.2, 0.25) is 0 Å². The molecule has 1 aliphatic heterocycles. The first-order valence-electron chi connectivity index (χ1n) is 6.51.